The minimum atomic E-state index is 0.354. The van der Waals surface area contributed by atoms with Crippen molar-refractivity contribution in [2.24, 2.45) is 5.92 Å². The first-order valence-corrected chi connectivity index (χ1v) is 6.91. The normalized spacial score (nSPS) is 40.9. The van der Waals surface area contributed by atoms with Crippen molar-refractivity contribution in [3.05, 3.63) is 0 Å². The molecule has 2 aliphatic heterocycles. The predicted octanol–water partition coefficient (Wildman–Crippen LogP) is 3.06. The highest BCUT2D eigenvalue weighted by molar-refractivity contribution is 5.14. The zero-order valence-electron chi connectivity index (χ0n) is 11.5. The molecule has 2 bridgehead atoms. The van der Waals surface area contributed by atoms with Crippen LogP contribution in [-0.2, 0) is 4.74 Å². The maximum Gasteiger partial charge on any atom is 0.0731 e. The Morgan fingerprint density at radius 3 is 2.56 bits per heavy atom. The number of hydrogen-bond acceptors (Lipinski definition) is 2. The summed E-state index contributed by atoms with van der Waals surface area (Å²) in [5.74, 6) is 0.872. The molecule has 2 nitrogen and oxygen atoms in total. The summed E-state index contributed by atoms with van der Waals surface area (Å²) in [5, 5.41) is 0. The van der Waals surface area contributed by atoms with Crippen LogP contribution in [0.4, 0.5) is 0 Å². The second-order valence-electron chi connectivity index (χ2n) is 6.11. The molecule has 4 unspecified atom stereocenters. The van der Waals surface area contributed by atoms with E-state index in [1.807, 2.05) is 0 Å². The Hall–Kier alpha value is -0.0800. The lowest BCUT2D eigenvalue weighted by molar-refractivity contribution is -0.205. The van der Waals surface area contributed by atoms with E-state index in [2.05, 4.69) is 39.5 Å². The van der Waals surface area contributed by atoms with E-state index >= 15 is 0 Å². The summed E-state index contributed by atoms with van der Waals surface area (Å²) < 4.78 is 5.91. The largest absolute Gasteiger partial charge is 0.377 e. The van der Waals surface area contributed by atoms with E-state index in [0.717, 1.165) is 18.6 Å². The van der Waals surface area contributed by atoms with Crippen LogP contribution in [0.25, 0.3) is 0 Å². The zero-order chi connectivity index (χ0) is 11.9. The van der Waals surface area contributed by atoms with E-state index in [4.69, 9.17) is 4.74 Å². The van der Waals surface area contributed by atoms with Crippen molar-refractivity contribution in [3.63, 3.8) is 0 Å². The molecule has 3 fully saturated rings. The lowest BCUT2D eigenvalue weighted by Crippen LogP contribution is -2.75. The minimum Gasteiger partial charge on any atom is -0.377 e. The molecule has 2 heterocycles. The van der Waals surface area contributed by atoms with Gasteiger partial charge >= 0.3 is 0 Å². The Bertz CT molecular complexity index is 253. The van der Waals surface area contributed by atoms with Gasteiger partial charge in [0.15, 0.2) is 0 Å². The fraction of sp³-hybridized carbons (Fsp3) is 1.00. The third kappa shape index (κ3) is 1.70. The van der Waals surface area contributed by atoms with Gasteiger partial charge in [0.05, 0.1) is 6.10 Å². The average Bonchev–Trinajstić information content (AvgIpc) is 2.15. The van der Waals surface area contributed by atoms with Crippen LogP contribution in [-0.4, -0.2) is 35.2 Å². The predicted molar refractivity (Wildman–Crippen MR) is 67.6 cm³/mol. The molecule has 3 rings (SSSR count). The number of hydrogen-bond donors (Lipinski definition) is 0. The summed E-state index contributed by atoms with van der Waals surface area (Å²) in [7, 11) is 0. The van der Waals surface area contributed by atoms with Gasteiger partial charge in [0, 0.05) is 24.2 Å². The van der Waals surface area contributed by atoms with E-state index in [0.29, 0.717) is 17.7 Å². The molecule has 2 saturated heterocycles. The number of fused-ring (bicyclic) bond motifs is 2. The molecule has 0 aromatic rings. The monoisotopic (exact) mass is 225 g/mol. The van der Waals surface area contributed by atoms with E-state index in [1.165, 1.54) is 19.3 Å². The Morgan fingerprint density at radius 2 is 2.00 bits per heavy atom. The van der Waals surface area contributed by atoms with Gasteiger partial charge in [0.2, 0.25) is 0 Å². The quantitative estimate of drug-likeness (QED) is 0.729. The van der Waals surface area contributed by atoms with E-state index in [1.54, 1.807) is 0 Å². The molecule has 4 atom stereocenters. The summed E-state index contributed by atoms with van der Waals surface area (Å²) >= 11 is 0. The molecule has 1 saturated carbocycles. The molecule has 1 aliphatic carbocycles. The molecule has 3 aliphatic rings. The standard InChI is InChI=1S/C14H27NO/c1-6-16-12(5)14-8-11(4)7-13(9-14)15(14)10(2)3/h10-13H,6-9H2,1-5H3. The van der Waals surface area contributed by atoms with Crippen molar-refractivity contribution in [2.45, 2.75) is 77.6 Å². The van der Waals surface area contributed by atoms with Crippen molar-refractivity contribution in [1.29, 1.82) is 0 Å². The number of piperidine rings is 1. The molecular weight excluding hydrogens is 198 g/mol. The molecule has 0 spiro atoms. The van der Waals surface area contributed by atoms with Gasteiger partial charge in [0.25, 0.3) is 0 Å². The van der Waals surface area contributed by atoms with Gasteiger partial charge in [-0.15, -0.1) is 0 Å². The van der Waals surface area contributed by atoms with Crippen molar-refractivity contribution < 1.29 is 4.74 Å². The summed E-state index contributed by atoms with van der Waals surface area (Å²) in [6.07, 6.45) is 4.46. The molecule has 2 heteroatoms. The Balaban J connectivity index is 2.15. The first-order valence-electron chi connectivity index (χ1n) is 6.91. The first kappa shape index (κ1) is 12.4. The molecule has 0 N–H and O–H groups in total. The molecule has 0 radical (unpaired) electrons. The topological polar surface area (TPSA) is 12.5 Å². The summed E-state index contributed by atoms with van der Waals surface area (Å²) in [5.41, 5.74) is 0.354. The van der Waals surface area contributed by atoms with Crippen molar-refractivity contribution >= 4 is 0 Å². The lowest BCUT2D eigenvalue weighted by Gasteiger charge is -2.67. The SMILES string of the molecule is CCOC(C)C12CC(C)CC(C1)N2C(C)C. The molecule has 0 aromatic carbocycles. The fourth-order valence-corrected chi connectivity index (χ4v) is 4.28. The van der Waals surface area contributed by atoms with Crippen LogP contribution in [0.2, 0.25) is 0 Å². The van der Waals surface area contributed by atoms with Gasteiger partial charge < -0.3 is 4.74 Å². The number of rotatable bonds is 4. The van der Waals surface area contributed by atoms with Gasteiger partial charge in [-0.2, -0.15) is 0 Å². The van der Waals surface area contributed by atoms with Gasteiger partial charge in [-0.25, -0.2) is 0 Å². The highest BCUT2D eigenvalue weighted by atomic mass is 16.5. The Morgan fingerprint density at radius 1 is 1.31 bits per heavy atom. The van der Waals surface area contributed by atoms with Gasteiger partial charge in [-0.1, -0.05) is 6.92 Å². The van der Waals surface area contributed by atoms with Crippen LogP contribution in [0.5, 0.6) is 0 Å². The van der Waals surface area contributed by atoms with Crippen LogP contribution in [0.15, 0.2) is 0 Å². The summed E-state index contributed by atoms with van der Waals surface area (Å²) in [6.45, 7) is 12.3. The second-order valence-corrected chi connectivity index (χ2v) is 6.11. The van der Waals surface area contributed by atoms with E-state index in [-0.39, 0.29) is 0 Å². The van der Waals surface area contributed by atoms with E-state index in [9.17, 15) is 0 Å². The molecule has 0 amide bonds. The first-order chi connectivity index (χ1) is 7.51. The van der Waals surface area contributed by atoms with Gasteiger partial charge in [-0.3, -0.25) is 4.90 Å². The fourth-order valence-electron chi connectivity index (χ4n) is 4.28. The Kier molecular flexibility index (Phi) is 3.33. The van der Waals surface area contributed by atoms with Crippen LogP contribution < -0.4 is 0 Å². The molecule has 0 aromatic heterocycles. The number of nitrogens with zero attached hydrogens (tertiary/aromatic N) is 1. The van der Waals surface area contributed by atoms with E-state index < -0.39 is 0 Å². The van der Waals surface area contributed by atoms with Crippen molar-refractivity contribution in [1.82, 2.24) is 4.90 Å². The third-order valence-corrected chi connectivity index (χ3v) is 4.60. The second kappa shape index (κ2) is 4.30. The van der Waals surface area contributed by atoms with Crippen LogP contribution in [0, 0.1) is 5.92 Å². The van der Waals surface area contributed by atoms with Crippen LogP contribution in [0.1, 0.15) is 53.9 Å². The highest BCUT2D eigenvalue weighted by Crippen LogP contribution is 2.53. The van der Waals surface area contributed by atoms with Gasteiger partial charge in [-0.05, 0) is 52.9 Å². The smallest absolute Gasteiger partial charge is 0.0731 e. The molecule has 16 heavy (non-hydrogen) atoms. The number of ether oxygens (including phenoxy) is 1. The van der Waals surface area contributed by atoms with Gasteiger partial charge in [0.1, 0.15) is 0 Å². The maximum atomic E-state index is 5.91. The lowest BCUT2D eigenvalue weighted by atomic mass is 9.61. The molecular formula is C14H27NO. The summed E-state index contributed by atoms with van der Waals surface area (Å²) in [6, 6.07) is 1.49. The van der Waals surface area contributed by atoms with Crippen LogP contribution >= 0.6 is 0 Å². The Labute approximate surface area is 100 Å². The van der Waals surface area contributed by atoms with Crippen LogP contribution in [0.3, 0.4) is 0 Å². The third-order valence-electron chi connectivity index (χ3n) is 4.60. The zero-order valence-corrected chi connectivity index (χ0v) is 11.5. The molecule has 94 valence electrons. The van der Waals surface area contributed by atoms with Crippen molar-refractivity contribution in [2.75, 3.05) is 6.61 Å². The highest BCUT2D eigenvalue weighted by Gasteiger charge is 2.59. The average molecular weight is 225 g/mol. The maximum absolute atomic E-state index is 5.91. The summed E-state index contributed by atoms with van der Waals surface area (Å²) in [4.78, 5) is 2.73. The minimum absolute atomic E-state index is 0.354. The van der Waals surface area contributed by atoms with Crippen molar-refractivity contribution in [3.8, 4) is 0 Å².